The Labute approximate surface area is 167 Å². The minimum atomic E-state index is -3.15. The molecule has 0 unspecified atom stereocenters. The van der Waals surface area contributed by atoms with Gasteiger partial charge in [0.05, 0.1) is 18.1 Å². The summed E-state index contributed by atoms with van der Waals surface area (Å²) in [5.74, 6) is 2.02. The molecule has 3 fully saturated rings. The third kappa shape index (κ3) is 5.06. The Morgan fingerprint density at radius 3 is 2.39 bits per heavy atom. The molecule has 0 radical (unpaired) electrons. The average molecular weight is 408 g/mol. The van der Waals surface area contributed by atoms with Crippen molar-refractivity contribution in [2.45, 2.75) is 49.7 Å². The van der Waals surface area contributed by atoms with Crippen molar-refractivity contribution in [1.29, 1.82) is 0 Å². The van der Waals surface area contributed by atoms with Gasteiger partial charge in [-0.25, -0.2) is 13.2 Å². The molecular formula is C21H29NO5S. The lowest BCUT2D eigenvalue weighted by Crippen LogP contribution is -2.39. The average Bonchev–Trinajstić information content (AvgIpc) is 3.58. The fourth-order valence-electron chi connectivity index (χ4n) is 4.11. The Morgan fingerprint density at radius 1 is 1.11 bits per heavy atom. The van der Waals surface area contributed by atoms with Gasteiger partial charge in [0.1, 0.15) is 6.10 Å². The highest BCUT2D eigenvalue weighted by molar-refractivity contribution is 7.90. The van der Waals surface area contributed by atoms with Gasteiger partial charge in [-0.15, -0.1) is 0 Å². The van der Waals surface area contributed by atoms with Crippen LogP contribution in [0.3, 0.4) is 0 Å². The van der Waals surface area contributed by atoms with Crippen molar-refractivity contribution in [1.82, 2.24) is 4.90 Å². The van der Waals surface area contributed by atoms with Crippen LogP contribution in [0.5, 0.6) is 0 Å². The summed E-state index contributed by atoms with van der Waals surface area (Å²) >= 11 is 0. The van der Waals surface area contributed by atoms with Crippen molar-refractivity contribution < 1.29 is 22.7 Å². The third-order valence-electron chi connectivity index (χ3n) is 6.12. The van der Waals surface area contributed by atoms with Gasteiger partial charge in [0.15, 0.2) is 9.84 Å². The van der Waals surface area contributed by atoms with E-state index in [2.05, 4.69) is 0 Å². The molecule has 6 nitrogen and oxygen atoms in total. The van der Waals surface area contributed by atoms with E-state index in [1.807, 2.05) is 17.0 Å². The van der Waals surface area contributed by atoms with Crippen LogP contribution >= 0.6 is 0 Å². The summed E-state index contributed by atoms with van der Waals surface area (Å²) in [5.41, 5.74) is 0.993. The molecule has 1 heterocycles. The van der Waals surface area contributed by atoms with Crippen LogP contribution in [0.25, 0.3) is 0 Å². The smallest absolute Gasteiger partial charge is 0.410 e. The van der Waals surface area contributed by atoms with Crippen molar-refractivity contribution in [2.75, 3.05) is 26.0 Å². The molecule has 1 aromatic carbocycles. The van der Waals surface area contributed by atoms with Gasteiger partial charge in [-0.1, -0.05) is 12.1 Å². The second-order valence-electron chi connectivity index (χ2n) is 8.50. The number of carbonyl (C=O) groups is 1. The molecule has 0 bridgehead atoms. The van der Waals surface area contributed by atoms with Crippen molar-refractivity contribution in [3.8, 4) is 0 Å². The SMILES string of the molecule is CS(=O)(=O)c1ccc(COC[C@H]2C[C@@H]2C2CCN(C(=O)OC3CC3)CC2)cc1. The minimum Gasteiger partial charge on any atom is -0.446 e. The zero-order valence-corrected chi connectivity index (χ0v) is 17.2. The molecule has 2 atom stereocenters. The van der Waals surface area contributed by atoms with E-state index in [4.69, 9.17) is 9.47 Å². The first-order valence-electron chi connectivity index (χ1n) is 10.2. The van der Waals surface area contributed by atoms with Crippen LogP contribution < -0.4 is 0 Å². The molecular weight excluding hydrogens is 378 g/mol. The van der Waals surface area contributed by atoms with Crippen LogP contribution in [0, 0.1) is 17.8 Å². The molecule has 1 aliphatic heterocycles. The summed E-state index contributed by atoms with van der Waals surface area (Å²) in [6, 6.07) is 6.90. The van der Waals surface area contributed by atoms with E-state index in [1.54, 1.807) is 12.1 Å². The number of amides is 1. The van der Waals surface area contributed by atoms with Crippen LogP contribution in [0.2, 0.25) is 0 Å². The molecule has 0 N–H and O–H groups in total. The Hall–Kier alpha value is -1.60. The molecule has 1 saturated heterocycles. The fourth-order valence-corrected chi connectivity index (χ4v) is 4.74. The van der Waals surface area contributed by atoms with Gasteiger partial charge in [-0.2, -0.15) is 0 Å². The first kappa shape index (κ1) is 19.7. The first-order chi connectivity index (χ1) is 13.4. The normalized spacial score (nSPS) is 25.5. The van der Waals surface area contributed by atoms with E-state index in [0.717, 1.165) is 50.9 Å². The lowest BCUT2D eigenvalue weighted by molar-refractivity contribution is 0.0758. The lowest BCUT2D eigenvalue weighted by Gasteiger charge is -2.31. The summed E-state index contributed by atoms with van der Waals surface area (Å²) in [4.78, 5) is 14.2. The number of likely N-dealkylation sites (tertiary alicyclic amines) is 1. The number of benzene rings is 1. The highest BCUT2D eigenvalue weighted by Crippen LogP contribution is 2.48. The molecule has 2 saturated carbocycles. The summed E-state index contributed by atoms with van der Waals surface area (Å²) in [6.07, 6.45) is 6.65. The minimum absolute atomic E-state index is 0.126. The standard InChI is InChI=1S/C21H29NO5S/c1-28(24,25)19-6-2-15(3-7-19)13-26-14-17-12-20(17)16-8-10-22(11-9-16)21(23)27-18-4-5-18/h2-3,6-7,16-18,20H,4-5,8-14H2,1H3/t17-,20-/m1/s1. The summed E-state index contributed by atoms with van der Waals surface area (Å²) in [7, 11) is -3.15. The van der Waals surface area contributed by atoms with Crippen molar-refractivity contribution in [3.05, 3.63) is 29.8 Å². The summed E-state index contributed by atoms with van der Waals surface area (Å²) in [5, 5.41) is 0. The molecule has 154 valence electrons. The second-order valence-corrected chi connectivity index (χ2v) is 10.5. The van der Waals surface area contributed by atoms with Gasteiger partial charge >= 0.3 is 6.09 Å². The number of rotatable bonds is 7. The first-order valence-corrected chi connectivity index (χ1v) is 12.1. The monoisotopic (exact) mass is 407 g/mol. The maximum absolute atomic E-state index is 12.0. The van der Waals surface area contributed by atoms with E-state index in [0.29, 0.717) is 29.3 Å². The van der Waals surface area contributed by atoms with Crippen LogP contribution in [0.4, 0.5) is 4.79 Å². The molecule has 2 aliphatic carbocycles. The van der Waals surface area contributed by atoms with Gasteiger partial charge < -0.3 is 14.4 Å². The fraction of sp³-hybridized carbons (Fsp3) is 0.667. The predicted octanol–water partition coefficient (Wildman–Crippen LogP) is 3.25. The van der Waals surface area contributed by atoms with E-state index in [-0.39, 0.29) is 12.2 Å². The zero-order valence-electron chi connectivity index (χ0n) is 16.4. The van der Waals surface area contributed by atoms with Crippen molar-refractivity contribution >= 4 is 15.9 Å². The third-order valence-corrected chi connectivity index (χ3v) is 7.25. The molecule has 28 heavy (non-hydrogen) atoms. The molecule has 4 rings (SSSR count). The quantitative estimate of drug-likeness (QED) is 0.694. The van der Waals surface area contributed by atoms with Gasteiger partial charge in [0.2, 0.25) is 0 Å². The largest absolute Gasteiger partial charge is 0.446 e. The Kier molecular flexibility index (Phi) is 5.65. The van der Waals surface area contributed by atoms with E-state index >= 15 is 0 Å². The van der Waals surface area contributed by atoms with Crippen LogP contribution in [-0.4, -0.2) is 51.5 Å². The van der Waals surface area contributed by atoms with E-state index in [1.165, 1.54) is 12.7 Å². The highest BCUT2D eigenvalue weighted by Gasteiger charge is 2.44. The molecule has 1 aromatic rings. The van der Waals surface area contributed by atoms with Crippen LogP contribution in [-0.2, 0) is 25.9 Å². The van der Waals surface area contributed by atoms with E-state index < -0.39 is 9.84 Å². The van der Waals surface area contributed by atoms with Gasteiger partial charge in [-0.05, 0) is 67.6 Å². The van der Waals surface area contributed by atoms with Crippen molar-refractivity contribution in [3.63, 3.8) is 0 Å². The number of piperidine rings is 1. The molecule has 0 spiro atoms. The molecule has 1 amide bonds. The molecule has 7 heteroatoms. The zero-order chi connectivity index (χ0) is 19.7. The van der Waals surface area contributed by atoms with Crippen LogP contribution in [0.1, 0.15) is 37.7 Å². The Balaban J connectivity index is 1.14. The summed E-state index contributed by atoms with van der Waals surface area (Å²) in [6.45, 7) is 2.89. The van der Waals surface area contributed by atoms with E-state index in [9.17, 15) is 13.2 Å². The van der Waals surface area contributed by atoms with Crippen LogP contribution in [0.15, 0.2) is 29.2 Å². The van der Waals surface area contributed by atoms with Gasteiger partial charge in [0.25, 0.3) is 0 Å². The number of hydrogen-bond acceptors (Lipinski definition) is 5. The number of nitrogens with zero attached hydrogens (tertiary/aromatic N) is 1. The number of hydrogen-bond donors (Lipinski definition) is 0. The Bertz CT molecular complexity index is 795. The number of carbonyl (C=O) groups excluding carboxylic acids is 1. The highest BCUT2D eigenvalue weighted by atomic mass is 32.2. The molecule has 3 aliphatic rings. The number of sulfone groups is 1. The summed E-state index contributed by atoms with van der Waals surface area (Å²) < 4.78 is 34.2. The van der Waals surface area contributed by atoms with Gasteiger partial charge in [0, 0.05) is 19.3 Å². The maximum Gasteiger partial charge on any atom is 0.410 e. The Morgan fingerprint density at radius 2 is 1.79 bits per heavy atom. The maximum atomic E-state index is 12.0. The molecule has 0 aromatic heterocycles. The second kappa shape index (κ2) is 8.03. The topological polar surface area (TPSA) is 72.9 Å². The number of ether oxygens (including phenoxy) is 2. The lowest BCUT2D eigenvalue weighted by atomic mass is 9.91. The predicted molar refractivity (Wildman–Crippen MR) is 105 cm³/mol. The van der Waals surface area contributed by atoms with Gasteiger partial charge in [-0.3, -0.25) is 0 Å². The van der Waals surface area contributed by atoms with Crippen molar-refractivity contribution in [2.24, 2.45) is 17.8 Å².